The quantitative estimate of drug-likeness (QED) is 0.237. The Balaban J connectivity index is 1.63. The number of hydrogen-bond acceptors (Lipinski definition) is 7. The molecule has 9 nitrogen and oxygen atoms in total. The number of H-pyrrole nitrogens is 1. The van der Waals surface area contributed by atoms with Crippen LogP contribution in [0.5, 0.6) is 5.75 Å². The standard InChI is InChI=1S/C24H26N6O3S/c1-15(2)13-17-5-7-18(8-6-17)16(3)22-26-27-24(34)30(22)25-14-21-23(31)33-28-29(21)19-9-11-20(32-4)12-10-19/h5-12,14-16H,13H2,1-4H3,(H-,25,27,28,31,34). The molecule has 0 saturated heterocycles. The zero-order valence-electron chi connectivity index (χ0n) is 19.4. The molecule has 34 heavy (non-hydrogen) atoms. The molecule has 4 rings (SSSR count). The Morgan fingerprint density at radius 2 is 1.85 bits per heavy atom. The van der Waals surface area contributed by atoms with Crippen LogP contribution in [0.4, 0.5) is 0 Å². The van der Waals surface area contributed by atoms with E-state index in [1.54, 1.807) is 31.4 Å². The third kappa shape index (κ3) is 4.91. The first-order valence-corrected chi connectivity index (χ1v) is 11.3. The van der Waals surface area contributed by atoms with Gasteiger partial charge in [0.1, 0.15) is 12.0 Å². The Morgan fingerprint density at radius 3 is 2.50 bits per heavy atom. The number of benzene rings is 2. The minimum Gasteiger partial charge on any atom is -0.738 e. The van der Waals surface area contributed by atoms with Gasteiger partial charge >= 0.3 is 11.3 Å². The fraction of sp³-hybridized carbons (Fsp3) is 0.292. The average molecular weight is 479 g/mol. The summed E-state index contributed by atoms with van der Waals surface area (Å²) in [7, 11) is 1.59. The maximum Gasteiger partial charge on any atom is 0.436 e. The number of rotatable bonds is 8. The zero-order valence-corrected chi connectivity index (χ0v) is 20.2. The van der Waals surface area contributed by atoms with Gasteiger partial charge in [0.25, 0.3) is 0 Å². The Kier molecular flexibility index (Phi) is 6.87. The van der Waals surface area contributed by atoms with Crippen molar-refractivity contribution in [2.45, 2.75) is 38.3 Å². The molecular weight excluding hydrogens is 452 g/mol. The second-order valence-corrected chi connectivity index (χ2v) is 8.72. The molecule has 0 aliphatic carbocycles. The van der Waals surface area contributed by atoms with E-state index in [4.69, 9.17) is 21.9 Å². The molecule has 2 aromatic heterocycles. The first-order chi connectivity index (χ1) is 16.4. The highest BCUT2D eigenvalue weighted by Gasteiger charge is 2.22. The molecule has 176 valence electrons. The predicted molar refractivity (Wildman–Crippen MR) is 129 cm³/mol. The molecule has 0 bridgehead atoms. The zero-order chi connectivity index (χ0) is 24.2. The van der Waals surface area contributed by atoms with Crippen molar-refractivity contribution in [2.24, 2.45) is 11.0 Å². The summed E-state index contributed by atoms with van der Waals surface area (Å²) in [5, 5.41) is 15.5. The van der Waals surface area contributed by atoms with Gasteiger partial charge in [-0.2, -0.15) is 10.2 Å². The molecule has 1 unspecified atom stereocenters. The molecule has 1 atom stereocenters. The topological polar surface area (TPSA) is 102 Å². The van der Waals surface area contributed by atoms with E-state index in [2.05, 4.69) is 58.7 Å². The summed E-state index contributed by atoms with van der Waals surface area (Å²) < 4.78 is 13.1. The van der Waals surface area contributed by atoms with Crippen molar-refractivity contribution >= 4 is 18.8 Å². The van der Waals surface area contributed by atoms with Crippen LogP contribution in [0.15, 0.2) is 68.1 Å². The molecule has 2 aromatic carbocycles. The third-order valence-corrected chi connectivity index (χ3v) is 5.71. The number of hydrogen-bond donors (Lipinski definition) is 1. The molecule has 0 radical (unpaired) electrons. The summed E-state index contributed by atoms with van der Waals surface area (Å²) in [4.78, 5) is 12.3. The van der Waals surface area contributed by atoms with Crippen molar-refractivity contribution in [3.63, 3.8) is 0 Å². The number of methoxy groups -OCH3 is 1. The first-order valence-electron chi connectivity index (χ1n) is 10.9. The van der Waals surface area contributed by atoms with Crippen LogP contribution in [-0.2, 0) is 19.0 Å². The van der Waals surface area contributed by atoms with Gasteiger partial charge in [-0.3, -0.25) is 4.52 Å². The highest BCUT2D eigenvalue weighted by molar-refractivity contribution is 7.58. The third-order valence-electron chi connectivity index (χ3n) is 5.45. The van der Waals surface area contributed by atoms with Crippen LogP contribution < -0.4 is 15.0 Å². The van der Waals surface area contributed by atoms with E-state index in [0.717, 1.165) is 12.0 Å². The van der Waals surface area contributed by atoms with Crippen LogP contribution in [0.1, 0.15) is 49.3 Å². The molecule has 0 saturated carbocycles. The molecular formula is C24H26N6O3S. The molecule has 4 aromatic rings. The second kappa shape index (κ2) is 10.0. The fourth-order valence-electron chi connectivity index (χ4n) is 3.64. The average Bonchev–Trinajstić information content (AvgIpc) is 3.39. The van der Waals surface area contributed by atoms with Crippen LogP contribution in [0.3, 0.4) is 0 Å². The Hall–Kier alpha value is -3.79. The SMILES string of the molecule is COc1ccc(-[n+]2[nH]oc(=O)c2/C=N/n2c([S-])nnc2C(C)c2ccc(CC(C)C)cc2)cc1. The summed E-state index contributed by atoms with van der Waals surface area (Å²) in [6, 6.07) is 15.6. The maximum atomic E-state index is 12.3. The van der Waals surface area contributed by atoms with Crippen molar-refractivity contribution in [1.29, 1.82) is 0 Å². The summed E-state index contributed by atoms with van der Waals surface area (Å²) >= 11 is 5.34. The second-order valence-electron chi connectivity index (χ2n) is 8.36. The molecule has 0 aliphatic heterocycles. The van der Waals surface area contributed by atoms with Gasteiger partial charge in [0.2, 0.25) is 5.69 Å². The normalized spacial score (nSPS) is 12.5. The van der Waals surface area contributed by atoms with Crippen LogP contribution in [0.2, 0.25) is 0 Å². The highest BCUT2D eigenvalue weighted by atomic mass is 32.1. The van der Waals surface area contributed by atoms with Gasteiger partial charge in [-0.25, -0.2) is 9.47 Å². The van der Waals surface area contributed by atoms with E-state index in [9.17, 15) is 4.79 Å². The van der Waals surface area contributed by atoms with Crippen LogP contribution >= 0.6 is 0 Å². The van der Waals surface area contributed by atoms with E-state index >= 15 is 0 Å². The Labute approximate surface area is 202 Å². The van der Waals surface area contributed by atoms with Gasteiger partial charge in [0.15, 0.2) is 5.82 Å². The minimum absolute atomic E-state index is 0.106. The number of aromatic nitrogens is 5. The summed E-state index contributed by atoms with van der Waals surface area (Å²) in [6.07, 6.45) is 2.41. The molecule has 10 heteroatoms. The van der Waals surface area contributed by atoms with Crippen molar-refractivity contribution < 1.29 is 13.9 Å². The molecule has 0 spiro atoms. The summed E-state index contributed by atoms with van der Waals surface area (Å²) in [5.74, 6) is 1.76. The Morgan fingerprint density at radius 1 is 1.15 bits per heavy atom. The molecule has 2 heterocycles. The predicted octanol–water partition coefficient (Wildman–Crippen LogP) is 2.98. The van der Waals surface area contributed by atoms with Gasteiger partial charge in [-0.05, 0) is 45.6 Å². The van der Waals surface area contributed by atoms with E-state index in [1.165, 1.54) is 21.1 Å². The van der Waals surface area contributed by atoms with E-state index in [1.807, 2.05) is 6.92 Å². The summed E-state index contributed by atoms with van der Waals surface area (Å²) in [6.45, 7) is 6.42. The maximum absolute atomic E-state index is 12.3. The number of nitrogens with zero attached hydrogens (tertiary/aromatic N) is 5. The van der Waals surface area contributed by atoms with E-state index < -0.39 is 5.63 Å². The number of ether oxygens (including phenoxy) is 1. The fourth-order valence-corrected chi connectivity index (χ4v) is 3.83. The van der Waals surface area contributed by atoms with Crippen molar-refractivity contribution in [3.8, 4) is 11.4 Å². The lowest BCUT2D eigenvalue weighted by Gasteiger charge is -2.14. The lowest BCUT2D eigenvalue weighted by atomic mass is 9.96. The van der Waals surface area contributed by atoms with E-state index in [-0.39, 0.29) is 16.8 Å². The van der Waals surface area contributed by atoms with Crippen molar-refractivity contribution in [3.05, 3.63) is 81.6 Å². The van der Waals surface area contributed by atoms with Gasteiger partial charge in [-0.1, -0.05) is 45.0 Å². The van der Waals surface area contributed by atoms with E-state index in [0.29, 0.717) is 23.2 Å². The minimum atomic E-state index is -0.575. The molecule has 0 amide bonds. The monoisotopic (exact) mass is 478 g/mol. The molecule has 0 fully saturated rings. The van der Waals surface area contributed by atoms with Gasteiger partial charge in [0.05, 0.1) is 7.11 Å². The smallest absolute Gasteiger partial charge is 0.436 e. The molecule has 0 aliphatic rings. The van der Waals surface area contributed by atoms with Crippen LogP contribution in [0, 0.1) is 5.92 Å². The lowest BCUT2D eigenvalue weighted by Crippen LogP contribution is -2.38. The largest absolute Gasteiger partial charge is 0.738 e. The van der Waals surface area contributed by atoms with Gasteiger partial charge in [-0.15, -0.1) is 5.10 Å². The summed E-state index contributed by atoms with van der Waals surface area (Å²) in [5.41, 5.74) is 2.64. The van der Waals surface area contributed by atoms with Crippen molar-refractivity contribution in [1.82, 2.24) is 20.1 Å². The van der Waals surface area contributed by atoms with Gasteiger partial charge in [0, 0.05) is 23.2 Å². The van der Waals surface area contributed by atoms with Crippen molar-refractivity contribution in [2.75, 3.05) is 7.11 Å². The van der Waals surface area contributed by atoms with Crippen LogP contribution in [-0.4, -0.2) is 33.5 Å². The Bertz CT molecular complexity index is 1340. The van der Waals surface area contributed by atoms with Crippen LogP contribution in [0.25, 0.3) is 5.69 Å². The highest BCUT2D eigenvalue weighted by Crippen LogP contribution is 2.24. The lowest BCUT2D eigenvalue weighted by molar-refractivity contribution is -0.671. The van der Waals surface area contributed by atoms with Gasteiger partial charge < -0.3 is 17.4 Å². The number of nitrogens with one attached hydrogen (secondary N) is 1. The molecule has 1 N–H and O–H groups in total. The number of aromatic amines is 1. The first kappa shape index (κ1) is 23.4.